The van der Waals surface area contributed by atoms with Gasteiger partial charge in [0.05, 0.1) is 0 Å². The van der Waals surface area contributed by atoms with Gasteiger partial charge in [0.15, 0.2) is 0 Å². The van der Waals surface area contributed by atoms with Crippen LogP contribution in [-0.4, -0.2) is 11.1 Å². The van der Waals surface area contributed by atoms with E-state index in [1.54, 1.807) is 0 Å². The van der Waals surface area contributed by atoms with Crippen molar-refractivity contribution in [2.45, 2.75) is 129 Å². The number of carbonyl (C=O) groups is 1. The Morgan fingerprint density at radius 2 is 0.963 bits per heavy atom. The van der Waals surface area contributed by atoms with Crippen molar-refractivity contribution >= 4 is 5.97 Å². The average molecular weight is 379 g/mol. The molecule has 0 saturated carbocycles. The van der Waals surface area contributed by atoms with Gasteiger partial charge in [-0.05, 0) is 25.7 Å². The molecular formula is C25H46O2. The van der Waals surface area contributed by atoms with Gasteiger partial charge < -0.3 is 5.11 Å². The van der Waals surface area contributed by atoms with E-state index in [-0.39, 0.29) is 6.42 Å². The summed E-state index contributed by atoms with van der Waals surface area (Å²) in [5.41, 5.74) is 0. The number of aliphatic carboxylic acids is 1. The van der Waals surface area contributed by atoms with E-state index in [4.69, 9.17) is 5.11 Å². The second kappa shape index (κ2) is 23.0. The van der Waals surface area contributed by atoms with E-state index in [9.17, 15) is 4.79 Å². The van der Waals surface area contributed by atoms with Crippen molar-refractivity contribution in [2.75, 3.05) is 0 Å². The summed E-state index contributed by atoms with van der Waals surface area (Å²) in [5, 5.41) is 8.54. The maximum Gasteiger partial charge on any atom is 0.303 e. The number of hydrogen-bond donors (Lipinski definition) is 1. The molecule has 0 saturated heterocycles. The van der Waals surface area contributed by atoms with Crippen molar-refractivity contribution < 1.29 is 9.90 Å². The van der Waals surface area contributed by atoms with E-state index < -0.39 is 5.97 Å². The number of carboxylic acid groups (broad SMARTS) is 1. The molecule has 2 heteroatoms. The molecule has 0 fully saturated rings. The highest BCUT2D eigenvalue weighted by atomic mass is 16.4. The second-order valence-electron chi connectivity index (χ2n) is 7.88. The van der Waals surface area contributed by atoms with Gasteiger partial charge in [-0.15, -0.1) is 0 Å². The Labute approximate surface area is 169 Å². The van der Waals surface area contributed by atoms with Gasteiger partial charge in [-0.25, -0.2) is 0 Å². The van der Waals surface area contributed by atoms with Crippen LogP contribution in [0, 0.1) is 0 Å². The van der Waals surface area contributed by atoms with Crippen LogP contribution in [0.2, 0.25) is 0 Å². The highest BCUT2D eigenvalue weighted by molar-refractivity contribution is 5.66. The smallest absolute Gasteiger partial charge is 0.303 e. The SMILES string of the molecule is CCCCCCCCCCCCCCCCC/C=C/C=C/CCCC(=O)O. The lowest BCUT2D eigenvalue weighted by atomic mass is 10.0. The van der Waals surface area contributed by atoms with E-state index in [0.717, 1.165) is 19.3 Å². The van der Waals surface area contributed by atoms with E-state index in [0.29, 0.717) is 0 Å². The van der Waals surface area contributed by atoms with Gasteiger partial charge in [0.2, 0.25) is 0 Å². The first-order valence-electron chi connectivity index (χ1n) is 11.8. The molecule has 0 aliphatic heterocycles. The zero-order valence-electron chi connectivity index (χ0n) is 18.1. The maximum absolute atomic E-state index is 10.4. The van der Waals surface area contributed by atoms with Gasteiger partial charge in [0.25, 0.3) is 0 Å². The minimum atomic E-state index is -0.702. The monoisotopic (exact) mass is 378 g/mol. The lowest BCUT2D eigenvalue weighted by molar-refractivity contribution is -0.137. The third kappa shape index (κ3) is 24.9. The molecule has 0 rings (SSSR count). The summed E-state index contributed by atoms with van der Waals surface area (Å²) >= 11 is 0. The number of allylic oxidation sites excluding steroid dienone is 4. The number of rotatable bonds is 21. The van der Waals surface area contributed by atoms with E-state index in [1.165, 1.54) is 96.3 Å². The van der Waals surface area contributed by atoms with E-state index >= 15 is 0 Å². The molecule has 0 aromatic heterocycles. The Morgan fingerprint density at radius 3 is 1.37 bits per heavy atom. The third-order valence-electron chi connectivity index (χ3n) is 5.12. The summed E-state index contributed by atoms with van der Waals surface area (Å²) in [6.07, 6.45) is 32.7. The van der Waals surface area contributed by atoms with Crippen molar-refractivity contribution in [3.8, 4) is 0 Å². The molecule has 27 heavy (non-hydrogen) atoms. The highest BCUT2D eigenvalue weighted by Crippen LogP contribution is 2.13. The number of unbranched alkanes of at least 4 members (excludes halogenated alkanes) is 16. The zero-order chi connectivity index (χ0) is 19.8. The van der Waals surface area contributed by atoms with Crippen molar-refractivity contribution in [3.05, 3.63) is 24.3 Å². The molecule has 0 aromatic rings. The quantitative estimate of drug-likeness (QED) is 0.160. The standard InChI is InChI=1S/C25H46O2/c1-2-3-4-5-6-7-8-9-10-11-12-13-14-15-16-17-18-19-20-21-22-23-24-25(26)27/h18-21H,2-17,22-24H2,1H3,(H,26,27)/b19-18+,21-20+. The van der Waals surface area contributed by atoms with Crippen LogP contribution in [-0.2, 0) is 4.79 Å². The normalized spacial score (nSPS) is 11.7. The average Bonchev–Trinajstić information content (AvgIpc) is 2.65. The Balaban J connectivity index is 3.13. The molecular weight excluding hydrogens is 332 g/mol. The molecule has 2 nitrogen and oxygen atoms in total. The van der Waals surface area contributed by atoms with Crippen LogP contribution < -0.4 is 0 Å². The van der Waals surface area contributed by atoms with Gasteiger partial charge in [0, 0.05) is 6.42 Å². The fourth-order valence-electron chi connectivity index (χ4n) is 3.35. The van der Waals surface area contributed by atoms with Crippen LogP contribution in [0.5, 0.6) is 0 Å². The first kappa shape index (κ1) is 26.0. The molecule has 0 amide bonds. The number of carboxylic acids is 1. The fourth-order valence-corrected chi connectivity index (χ4v) is 3.35. The maximum atomic E-state index is 10.4. The van der Waals surface area contributed by atoms with Gasteiger partial charge in [-0.1, -0.05) is 121 Å². The topological polar surface area (TPSA) is 37.3 Å². The van der Waals surface area contributed by atoms with Crippen LogP contribution in [0.15, 0.2) is 24.3 Å². The van der Waals surface area contributed by atoms with E-state index in [2.05, 4.69) is 25.2 Å². The van der Waals surface area contributed by atoms with Crippen molar-refractivity contribution in [1.29, 1.82) is 0 Å². The Kier molecular flexibility index (Phi) is 22.1. The minimum absolute atomic E-state index is 0.271. The second-order valence-corrected chi connectivity index (χ2v) is 7.88. The summed E-state index contributed by atoms with van der Waals surface area (Å²) in [7, 11) is 0. The first-order chi connectivity index (χ1) is 13.3. The molecule has 0 aliphatic carbocycles. The third-order valence-corrected chi connectivity index (χ3v) is 5.12. The first-order valence-corrected chi connectivity index (χ1v) is 11.8. The molecule has 0 spiro atoms. The lowest BCUT2D eigenvalue weighted by Gasteiger charge is -2.03. The Bertz CT molecular complexity index is 357. The fraction of sp³-hybridized carbons (Fsp3) is 0.800. The van der Waals surface area contributed by atoms with Crippen molar-refractivity contribution in [1.82, 2.24) is 0 Å². The molecule has 158 valence electrons. The Morgan fingerprint density at radius 1 is 0.593 bits per heavy atom. The molecule has 0 bridgehead atoms. The van der Waals surface area contributed by atoms with E-state index in [1.807, 2.05) is 6.08 Å². The van der Waals surface area contributed by atoms with Gasteiger partial charge >= 0.3 is 5.97 Å². The summed E-state index contributed by atoms with van der Waals surface area (Å²) in [5.74, 6) is -0.702. The number of hydrogen-bond acceptors (Lipinski definition) is 1. The molecule has 0 heterocycles. The van der Waals surface area contributed by atoms with Crippen LogP contribution >= 0.6 is 0 Å². The molecule has 0 radical (unpaired) electrons. The van der Waals surface area contributed by atoms with Crippen molar-refractivity contribution in [3.63, 3.8) is 0 Å². The van der Waals surface area contributed by atoms with Crippen LogP contribution in [0.1, 0.15) is 129 Å². The largest absolute Gasteiger partial charge is 0.481 e. The van der Waals surface area contributed by atoms with Crippen LogP contribution in [0.25, 0.3) is 0 Å². The molecule has 1 N–H and O–H groups in total. The van der Waals surface area contributed by atoms with Gasteiger partial charge in [-0.3, -0.25) is 4.79 Å². The Hall–Kier alpha value is -1.05. The van der Waals surface area contributed by atoms with Gasteiger partial charge in [0.1, 0.15) is 0 Å². The molecule has 0 aliphatic rings. The van der Waals surface area contributed by atoms with Crippen molar-refractivity contribution in [2.24, 2.45) is 0 Å². The lowest BCUT2D eigenvalue weighted by Crippen LogP contribution is -1.92. The van der Waals surface area contributed by atoms with Crippen LogP contribution in [0.4, 0.5) is 0 Å². The summed E-state index contributed by atoms with van der Waals surface area (Å²) in [6.45, 7) is 2.28. The molecule has 0 atom stereocenters. The summed E-state index contributed by atoms with van der Waals surface area (Å²) < 4.78 is 0. The highest BCUT2D eigenvalue weighted by Gasteiger charge is 1.94. The summed E-state index contributed by atoms with van der Waals surface area (Å²) in [4.78, 5) is 10.4. The van der Waals surface area contributed by atoms with Crippen LogP contribution in [0.3, 0.4) is 0 Å². The van der Waals surface area contributed by atoms with Gasteiger partial charge in [-0.2, -0.15) is 0 Å². The summed E-state index contributed by atoms with van der Waals surface area (Å²) in [6, 6.07) is 0. The predicted octanol–water partition coefficient (Wildman–Crippen LogP) is 8.62. The minimum Gasteiger partial charge on any atom is -0.481 e. The predicted molar refractivity (Wildman–Crippen MR) is 119 cm³/mol. The molecule has 0 aromatic carbocycles. The zero-order valence-corrected chi connectivity index (χ0v) is 18.1. The molecule has 0 unspecified atom stereocenters.